The van der Waals surface area contributed by atoms with Gasteiger partial charge >= 0.3 is 5.97 Å². The fourth-order valence-electron chi connectivity index (χ4n) is 5.51. The highest BCUT2D eigenvalue weighted by Gasteiger charge is 2.32. The molecule has 1 aliphatic rings. The maximum Gasteiger partial charge on any atom is 0.303 e. The average molecular weight is 669 g/mol. The highest BCUT2D eigenvalue weighted by atomic mass is 32.2. The topological polar surface area (TPSA) is 134 Å². The van der Waals surface area contributed by atoms with Crippen molar-refractivity contribution < 1.29 is 34.1 Å². The molecule has 1 fully saturated rings. The third-order valence-corrected chi connectivity index (χ3v) is 9.15. The predicted octanol–water partition coefficient (Wildman–Crippen LogP) is 7.01. The fourth-order valence-corrected chi connectivity index (χ4v) is 6.43. The molecule has 0 saturated carbocycles. The number of rotatable bonds is 14. The van der Waals surface area contributed by atoms with Crippen LogP contribution in [0.5, 0.6) is 0 Å². The minimum absolute atomic E-state index is 0.0217. The Kier molecular flexibility index (Phi) is 12.4. The smallest absolute Gasteiger partial charge is 0.303 e. The van der Waals surface area contributed by atoms with Gasteiger partial charge in [0.25, 0.3) is 0 Å². The maximum atomic E-state index is 12.3. The van der Waals surface area contributed by atoms with Gasteiger partial charge in [-0.05, 0) is 58.5 Å². The number of nitrogens with one attached hydrogen (secondary N) is 2. The molecule has 0 spiro atoms. The number of carboxylic acid groups (broad SMARTS) is 1. The molecule has 1 heterocycles. The van der Waals surface area contributed by atoms with Crippen LogP contribution in [0.3, 0.4) is 0 Å². The first kappa shape index (κ1) is 34.8. The van der Waals surface area contributed by atoms with E-state index < -0.39 is 12.3 Å². The molecule has 3 unspecified atom stereocenters. The third-order valence-electron chi connectivity index (χ3n) is 8.01. The molecule has 4 N–H and O–H groups in total. The maximum absolute atomic E-state index is 12.3. The Balaban J connectivity index is 1.28. The summed E-state index contributed by atoms with van der Waals surface area (Å²) in [4.78, 5) is 35.5. The summed E-state index contributed by atoms with van der Waals surface area (Å²) in [5.74, 6) is -0.488. The summed E-state index contributed by atoms with van der Waals surface area (Å²) in [6.07, 6.45) is 0.200. The number of aliphatic hydroxyl groups excluding tert-OH is 1. The first-order chi connectivity index (χ1) is 23.3. The van der Waals surface area contributed by atoms with Crippen LogP contribution in [0.1, 0.15) is 67.3 Å². The summed E-state index contributed by atoms with van der Waals surface area (Å²) in [6.45, 7) is 1.80. The van der Waals surface area contributed by atoms with Gasteiger partial charge < -0.3 is 30.3 Å². The van der Waals surface area contributed by atoms with Crippen molar-refractivity contribution >= 4 is 35.2 Å². The van der Waals surface area contributed by atoms with E-state index in [2.05, 4.69) is 10.6 Å². The molecule has 0 aromatic heterocycles. The van der Waals surface area contributed by atoms with Crippen LogP contribution in [0.4, 0.5) is 5.69 Å². The van der Waals surface area contributed by atoms with E-state index in [0.29, 0.717) is 25.1 Å². The van der Waals surface area contributed by atoms with Gasteiger partial charge in [-0.3, -0.25) is 14.4 Å². The standard InChI is InChI=1S/C38H40N2O7S/c1-25(42)40-31-17-19-33(20-18-31)48-24-32-21-35(28-11-9-26(23-41)10-12-28)47-38(46-32)29-15-13-27(14-16-29)34-6-3-2-5-30(34)22-39-36(43)7-4-8-37(44)45/h2-3,5-6,9-20,32,35,38,41H,4,7-8,21-24H2,1H3,(H,39,43)(H,40,42)(H,44,45). The van der Waals surface area contributed by atoms with E-state index in [4.69, 9.17) is 14.6 Å². The van der Waals surface area contributed by atoms with Gasteiger partial charge in [0.15, 0.2) is 6.29 Å². The van der Waals surface area contributed by atoms with Crippen LogP contribution < -0.4 is 10.6 Å². The van der Waals surface area contributed by atoms with E-state index >= 15 is 0 Å². The second kappa shape index (κ2) is 17.1. The lowest BCUT2D eigenvalue weighted by atomic mass is 9.97. The largest absolute Gasteiger partial charge is 0.481 e. The van der Waals surface area contributed by atoms with Crippen molar-refractivity contribution in [2.24, 2.45) is 0 Å². The molecule has 4 aromatic rings. The number of benzene rings is 4. The van der Waals surface area contributed by atoms with Crippen LogP contribution in [-0.2, 0) is 37.0 Å². The third kappa shape index (κ3) is 10.0. The molecule has 0 bridgehead atoms. The summed E-state index contributed by atoms with van der Waals surface area (Å²) in [5.41, 5.74) is 6.42. The van der Waals surface area contributed by atoms with E-state index in [0.717, 1.165) is 44.0 Å². The Morgan fingerprint density at radius 1 is 0.854 bits per heavy atom. The zero-order valence-electron chi connectivity index (χ0n) is 26.8. The molecular formula is C38H40N2O7S. The zero-order chi connectivity index (χ0) is 33.9. The molecule has 9 nitrogen and oxygen atoms in total. The van der Waals surface area contributed by atoms with Crippen LogP contribution in [0.15, 0.2) is 102 Å². The number of aliphatic carboxylic acids is 1. The van der Waals surface area contributed by atoms with Crippen molar-refractivity contribution in [2.75, 3.05) is 11.1 Å². The van der Waals surface area contributed by atoms with Gasteiger partial charge in [-0.25, -0.2) is 0 Å². The number of anilines is 1. The minimum Gasteiger partial charge on any atom is -0.481 e. The predicted molar refractivity (Wildman–Crippen MR) is 185 cm³/mol. The van der Waals surface area contributed by atoms with E-state index in [9.17, 15) is 19.5 Å². The van der Waals surface area contributed by atoms with Crippen LogP contribution in [0.25, 0.3) is 11.1 Å². The van der Waals surface area contributed by atoms with Gasteiger partial charge in [-0.1, -0.05) is 72.8 Å². The van der Waals surface area contributed by atoms with Gasteiger partial charge in [0.05, 0.1) is 18.8 Å². The molecule has 3 atom stereocenters. The van der Waals surface area contributed by atoms with Gasteiger partial charge in [0, 0.05) is 54.6 Å². The number of hydrogen-bond donors (Lipinski definition) is 4. The number of hydrogen-bond acceptors (Lipinski definition) is 7. The molecule has 1 aliphatic heterocycles. The Hall–Kier alpha value is -4.48. The van der Waals surface area contributed by atoms with Crippen LogP contribution in [0, 0.1) is 0 Å². The number of thioether (sulfide) groups is 1. The second-order valence-electron chi connectivity index (χ2n) is 11.7. The molecule has 10 heteroatoms. The van der Waals surface area contributed by atoms with Crippen molar-refractivity contribution in [1.82, 2.24) is 5.32 Å². The van der Waals surface area contributed by atoms with Crippen molar-refractivity contribution in [3.05, 3.63) is 119 Å². The molecule has 250 valence electrons. The van der Waals surface area contributed by atoms with Crippen LogP contribution in [-0.4, -0.2) is 39.9 Å². The van der Waals surface area contributed by atoms with E-state index in [1.54, 1.807) is 11.8 Å². The highest BCUT2D eigenvalue weighted by molar-refractivity contribution is 7.99. The molecule has 4 aromatic carbocycles. The number of aliphatic hydroxyl groups is 1. The lowest BCUT2D eigenvalue weighted by Gasteiger charge is -2.36. The van der Waals surface area contributed by atoms with E-state index in [1.165, 1.54) is 6.92 Å². The summed E-state index contributed by atoms with van der Waals surface area (Å²) in [6, 6.07) is 31.5. The molecule has 0 aliphatic carbocycles. The summed E-state index contributed by atoms with van der Waals surface area (Å²) in [5, 5.41) is 24.0. The number of carbonyl (C=O) groups is 3. The quantitative estimate of drug-likeness (QED) is 0.105. The van der Waals surface area contributed by atoms with E-state index in [-0.39, 0.29) is 43.5 Å². The van der Waals surface area contributed by atoms with Crippen molar-refractivity contribution in [3.8, 4) is 11.1 Å². The molecule has 1 saturated heterocycles. The molecule has 2 amide bonds. The number of amides is 2. The zero-order valence-corrected chi connectivity index (χ0v) is 27.6. The lowest BCUT2D eigenvalue weighted by molar-refractivity contribution is -0.245. The summed E-state index contributed by atoms with van der Waals surface area (Å²) < 4.78 is 13.1. The van der Waals surface area contributed by atoms with Gasteiger partial charge in [-0.15, -0.1) is 11.8 Å². The Bertz CT molecular complexity index is 1680. The number of carbonyl (C=O) groups excluding carboxylic acids is 2. The second-order valence-corrected chi connectivity index (χ2v) is 12.8. The monoisotopic (exact) mass is 668 g/mol. The Morgan fingerprint density at radius 2 is 1.56 bits per heavy atom. The van der Waals surface area contributed by atoms with Gasteiger partial charge in [0.1, 0.15) is 0 Å². The number of carboxylic acids is 1. The minimum atomic E-state index is -0.909. The molecule has 5 rings (SSSR count). The van der Waals surface area contributed by atoms with Crippen molar-refractivity contribution in [3.63, 3.8) is 0 Å². The van der Waals surface area contributed by atoms with Crippen molar-refractivity contribution in [2.45, 2.75) is 69.2 Å². The molecule has 0 radical (unpaired) electrons. The Labute approximate surface area is 284 Å². The first-order valence-corrected chi connectivity index (χ1v) is 16.9. The highest BCUT2D eigenvalue weighted by Crippen LogP contribution is 2.40. The normalized spacial score (nSPS) is 17.4. The van der Waals surface area contributed by atoms with Crippen molar-refractivity contribution in [1.29, 1.82) is 0 Å². The van der Waals surface area contributed by atoms with Gasteiger partial charge in [0.2, 0.25) is 11.8 Å². The first-order valence-electron chi connectivity index (χ1n) is 15.9. The molecule has 48 heavy (non-hydrogen) atoms. The summed E-state index contributed by atoms with van der Waals surface area (Å²) >= 11 is 1.69. The Morgan fingerprint density at radius 3 is 2.25 bits per heavy atom. The average Bonchev–Trinajstić information content (AvgIpc) is 3.10. The van der Waals surface area contributed by atoms with Crippen LogP contribution in [0.2, 0.25) is 0 Å². The molecular weight excluding hydrogens is 628 g/mol. The van der Waals surface area contributed by atoms with E-state index in [1.807, 2.05) is 97.1 Å². The number of ether oxygens (including phenoxy) is 2. The summed E-state index contributed by atoms with van der Waals surface area (Å²) in [7, 11) is 0. The lowest BCUT2D eigenvalue weighted by Crippen LogP contribution is -2.31. The van der Waals surface area contributed by atoms with Gasteiger partial charge in [-0.2, -0.15) is 0 Å². The SMILES string of the molecule is CC(=O)Nc1ccc(SCC2CC(c3ccc(CO)cc3)OC(c3ccc(-c4ccccc4CNC(=O)CCCC(=O)O)cc3)O2)cc1. The van der Waals surface area contributed by atoms with Crippen LogP contribution >= 0.6 is 11.8 Å². The fraction of sp³-hybridized carbons (Fsp3) is 0.289.